The standard InChI is InChI=1S/C15H19NO3/c1-12(13-8-5-10-18-13)16-9-11-19-15-7-4-3-6-14(15)17-2/h3-8,10,12,16H,9,11H2,1-2H3/t12-/m0/s1. The molecule has 0 unspecified atom stereocenters. The molecule has 2 aromatic rings. The third-order valence-corrected chi connectivity index (χ3v) is 2.85. The molecular weight excluding hydrogens is 242 g/mol. The summed E-state index contributed by atoms with van der Waals surface area (Å²) in [5.74, 6) is 2.44. The van der Waals surface area contributed by atoms with Gasteiger partial charge in [-0.15, -0.1) is 0 Å². The number of rotatable bonds is 7. The number of benzene rings is 1. The van der Waals surface area contributed by atoms with Gasteiger partial charge in [0.05, 0.1) is 19.4 Å². The van der Waals surface area contributed by atoms with E-state index < -0.39 is 0 Å². The predicted molar refractivity (Wildman–Crippen MR) is 73.6 cm³/mol. The van der Waals surface area contributed by atoms with Crippen molar-refractivity contribution in [1.29, 1.82) is 0 Å². The summed E-state index contributed by atoms with van der Waals surface area (Å²) in [6, 6.07) is 11.6. The Kier molecular flexibility index (Phi) is 4.86. The van der Waals surface area contributed by atoms with Gasteiger partial charge in [0, 0.05) is 6.54 Å². The van der Waals surface area contributed by atoms with Crippen molar-refractivity contribution < 1.29 is 13.9 Å². The second-order valence-electron chi connectivity index (χ2n) is 4.19. The van der Waals surface area contributed by atoms with Gasteiger partial charge in [0.2, 0.25) is 0 Å². The van der Waals surface area contributed by atoms with E-state index in [1.54, 1.807) is 13.4 Å². The van der Waals surface area contributed by atoms with Gasteiger partial charge in [-0.25, -0.2) is 0 Å². The fourth-order valence-corrected chi connectivity index (χ4v) is 1.81. The molecule has 0 aliphatic carbocycles. The molecule has 1 N–H and O–H groups in total. The summed E-state index contributed by atoms with van der Waals surface area (Å²) in [4.78, 5) is 0. The third-order valence-electron chi connectivity index (χ3n) is 2.85. The van der Waals surface area contributed by atoms with Crippen LogP contribution in [-0.4, -0.2) is 20.3 Å². The van der Waals surface area contributed by atoms with Crippen LogP contribution in [0.5, 0.6) is 11.5 Å². The van der Waals surface area contributed by atoms with Crippen LogP contribution in [0.3, 0.4) is 0 Å². The molecular formula is C15H19NO3. The Hall–Kier alpha value is -1.94. The Balaban J connectivity index is 1.75. The van der Waals surface area contributed by atoms with Gasteiger partial charge in [-0.2, -0.15) is 0 Å². The number of para-hydroxylation sites is 2. The highest BCUT2D eigenvalue weighted by molar-refractivity contribution is 5.39. The lowest BCUT2D eigenvalue weighted by molar-refractivity contribution is 0.284. The third kappa shape index (κ3) is 3.76. The highest BCUT2D eigenvalue weighted by Gasteiger charge is 2.07. The molecule has 0 spiro atoms. The maximum atomic E-state index is 5.68. The molecule has 4 nitrogen and oxygen atoms in total. The minimum Gasteiger partial charge on any atom is -0.493 e. The number of nitrogens with one attached hydrogen (secondary N) is 1. The molecule has 0 fully saturated rings. The van der Waals surface area contributed by atoms with E-state index in [9.17, 15) is 0 Å². The van der Waals surface area contributed by atoms with Crippen molar-refractivity contribution in [2.24, 2.45) is 0 Å². The largest absolute Gasteiger partial charge is 0.493 e. The average molecular weight is 261 g/mol. The highest BCUT2D eigenvalue weighted by Crippen LogP contribution is 2.25. The fourth-order valence-electron chi connectivity index (χ4n) is 1.81. The summed E-state index contributed by atoms with van der Waals surface area (Å²) in [6.07, 6.45) is 1.68. The normalized spacial score (nSPS) is 12.1. The molecule has 102 valence electrons. The summed E-state index contributed by atoms with van der Waals surface area (Å²) in [7, 11) is 1.64. The first-order valence-corrected chi connectivity index (χ1v) is 6.34. The van der Waals surface area contributed by atoms with E-state index in [0.29, 0.717) is 6.61 Å². The van der Waals surface area contributed by atoms with E-state index in [2.05, 4.69) is 12.2 Å². The molecule has 0 saturated carbocycles. The molecule has 1 atom stereocenters. The van der Waals surface area contributed by atoms with Gasteiger partial charge in [-0.05, 0) is 31.2 Å². The zero-order valence-electron chi connectivity index (χ0n) is 11.3. The monoisotopic (exact) mass is 261 g/mol. The van der Waals surface area contributed by atoms with E-state index in [4.69, 9.17) is 13.9 Å². The van der Waals surface area contributed by atoms with Crippen LogP contribution in [-0.2, 0) is 0 Å². The van der Waals surface area contributed by atoms with E-state index >= 15 is 0 Å². The van der Waals surface area contributed by atoms with Crippen molar-refractivity contribution in [3.8, 4) is 11.5 Å². The Morgan fingerprint density at radius 1 is 1.16 bits per heavy atom. The van der Waals surface area contributed by atoms with Crippen LogP contribution in [0.4, 0.5) is 0 Å². The highest BCUT2D eigenvalue weighted by atomic mass is 16.5. The van der Waals surface area contributed by atoms with Gasteiger partial charge in [0.1, 0.15) is 12.4 Å². The Labute approximate surface area is 113 Å². The Morgan fingerprint density at radius 3 is 2.63 bits per heavy atom. The van der Waals surface area contributed by atoms with E-state index in [-0.39, 0.29) is 6.04 Å². The Morgan fingerprint density at radius 2 is 1.95 bits per heavy atom. The van der Waals surface area contributed by atoms with Crippen LogP contribution in [0, 0.1) is 0 Å². The number of furan rings is 1. The molecule has 0 aliphatic rings. The quantitative estimate of drug-likeness (QED) is 0.778. The maximum Gasteiger partial charge on any atom is 0.161 e. The van der Waals surface area contributed by atoms with E-state index in [1.807, 2.05) is 36.4 Å². The van der Waals surface area contributed by atoms with Gasteiger partial charge in [-0.3, -0.25) is 0 Å². The summed E-state index contributed by atoms with van der Waals surface area (Å²) in [5.41, 5.74) is 0. The van der Waals surface area contributed by atoms with Gasteiger partial charge < -0.3 is 19.2 Å². The lowest BCUT2D eigenvalue weighted by Crippen LogP contribution is -2.24. The molecule has 0 amide bonds. The smallest absolute Gasteiger partial charge is 0.161 e. The first kappa shape index (κ1) is 13.5. The van der Waals surface area contributed by atoms with E-state index in [0.717, 1.165) is 23.8 Å². The number of methoxy groups -OCH3 is 1. The minimum atomic E-state index is 0.177. The topological polar surface area (TPSA) is 43.6 Å². The second kappa shape index (κ2) is 6.85. The van der Waals surface area contributed by atoms with Crippen molar-refractivity contribution in [2.75, 3.05) is 20.3 Å². The van der Waals surface area contributed by atoms with Crippen LogP contribution in [0.15, 0.2) is 47.1 Å². The molecule has 2 rings (SSSR count). The van der Waals surface area contributed by atoms with E-state index in [1.165, 1.54) is 0 Å². The van der Waals surface area contributed by atoms with Crippen molar-refractivity contribution in [3.63, 3.8) is 0 Å². The minimum absolute atomic E-state index is 0.177. The molecule has 0 saturated heterocycles. The number of hydrogen-bond donors (Lipinski definition) is 1. The molecule has 1 aromatic carbocycles. The van der Waals surface area contributed by atoms with Crippen molar-refractivity contribution in [3.05, 3.63) is 48.4 Å². The molecule has 1 aromatic heterocycles. The van der Waals surface area contributed by atoms with Crippen molar-refractivity contribution >= 4 is 0 Å². The average Bonchev–Trinajstić information content (AvgIpc) is 2.98. The first-order chi connectivity index (χ1) is 9.31. The second-order valence-corrected chi connectivity index (χ2v) is 4.19. The number of ether oxygens (including phenoxy) is 2. The first-order valence-electron chi connectivity index (χ1n) is 6.34. The van der Waals surface area contributed by atoms with Gasteiger partial charge in [-0.1, -0.05) is 12.1 Å². The summed E-state index contributed by atoms with van der Waals surface area (Å²) in [6.45, 7) is 3.37. The SMILES string of the molecule is COc1ccccc1OCCN[C@@H](C)c1ccco1. The Bertz CT molecular complexity index is 482. The number of hydrogen-bond acceptors (Lipinski definition) is 4. The summed E-state index contributed by atoms with van der Waals surface area (Å²) in [5, 5.41) is 3.33. The fraction of sp³-hybridized carbons (Fsp3) is 0.333. The van der Waals surface area contributed by atoms with Crippen molar-refractivity contribution in [2.45, 2.75) is 13.0 Å². The van der Waals surface area contributed by atoms with Crippen LogP contribution in [0.1, 0.15) is 18.7 Å². The van der Waals surface area contributed by atoms with Crippen LogP contribution >= 0.6 is 0 Å². The molecule has 19 heavy (non-hydrogen) atoms. The summed E-state index contributed by atoms with van der Waals surface area (Å²) < 4.78 is 16.2. The van der Waals surface area contributed by atoms with Crippen LogP contribution in [0.25, 0.3) is 0 Å². The lowest BCUT2D eigenvalue weighted by Gasteiger charge is -2.13. The van der Waals surface area contributed by atoms with Gasteiger partial charge in [0.25, 0.3) is 0 Å². The van der Waals surface area contributed by atoms with Crippen LogP contribution < -0.4 is 14.8 Å². The zero-order valence-corrected chi connectivity index (χ0v) is 11.3. The van der Waals surface area contributed by atoms with Gasteiger partial charge in [0.15, 0.2) is 11.5 Å². The van der Waals surface area contributed by atoms with Crippen LogP contribution in [0.2, 0.25) is 0 Å². The molecule has 0 radical (unpaired) electrons. The lowest BCUT2D eigenvalue weighted by atomic mass is 10.2. The van der Waals surface area contributed by atoms with Gasteiger partial charge >= 0.3 is 0 Å². The molecule has 1 heterocycles. The maximum absolute atomic E-state index is 5.68. The summed E-state index contributed by atoms with van der Waals surface area (Å²) >= 11 is 0. The molecule has 0 bridgehead atoms. The van der Waals surface area contributed by atoms with Crippen molar-refractivity contribution in [1.82, 2.24) is 5.32 Å². The molecule has 0 aliphatic heterocycles. The molecule has 4 heteroatoms. The predicted octanol–water partition coefficient (Wildman–Crippen LogP) is 3.02. The zero-order chi connectivity index (χ0) is 13.5.